The summed E-state index contributed by atoms with van der Waals surface area (Å²) < 4.78 is 5.12. The summed E-state index contributed by atoms with van der Waals surface area (Å²) >= 11 is 0.979. The summed E-state index contributed by atoms with van der Waals surface area (Å²) in [6.45, 7) is 3.42. The van der Waals surface area contributed by atoms with Crippen molar-refractivity contribution in [3.63, 3.8) is 0 Å². The van der Waals surface area contributed by atoms with Gasteiger partial charge in [-0.15, -0.1) is 11.3 Å². The van der Waals surface area contributed by atoms with Gasteiger partial charge in [-0.25, -0.2) is 4.79 Å². The van der Waals surface area contributed by atoms with Gasteiger partial charge in [-0.1, -0.05) is 30.3 Å². The second-order valence-electron chi connectivity index (χ2n) is 6.95. The van der Waals surface area contributed by atoms with Crippen LogP contribution in [0, 0.1) is 17.0 Å². The molecular weight excluding hydrogens is 446 g/mol. The van der Waals surface area contributed by atoms with Crippen LogP contribution in [0.5, 0.6) is 0 Å². The number of nitrogens with zero attached hydrogens (tertiary/aromatic N) is 1. The number of nitrogens with one attached hydrogen (secondary N) is 2. The van der Waals surface area contributed by atoms with Gasteiger partial charge in [0, 0.05) is 17.8 Å². The minimum absolute atomic E-state index is 0.0667. The van der Waals surface area contributed by atoms with Crippen molar-refractivity contribution in [2.75, 3.05) is 17.2 Å². The minimum atomic E-state index is -0.643. The molecular formula is C23H21N3O6S. The highest BCUT2D eigenvalue weighted by Crippen LogP contribution is 2.34. The van der Waals surface area contributed by atoms with Crippen LogP contribution in [0.2, 0.25) is 0 Å². The number of non-ortho nitro benzene ring substituents is 1. The summed E-state index contributed by atoms with van der Waals surface area (Å²) in [5.41, 5.74) is 1.60. The Hall–Kier alpha value is -4.05. The molecule has 33 heavy (non-hydrogen) atoms. The Morgan fingerprint density at radius 3 is 2.30 bits per heavy atom. The number of nitro groups is 1. The number of benzene rings is 2. The van der Waals surface area contributed by atoms with Crippen LogP contribution in [0.4, 0.5) is 16.4 Å². The minimum Gasteiger partial charge on any atom is -0.462 e. The Bertz CT molecular complexity index is 1190. The fourth-order valence-corrected chi connectivity index (χ4v) is 4.17. The smallest absolute Gasteiger partial charge is 0.341 e. The first-order valence-electron chi connectivity index (χ1n) is 10.00. The molecule has 0 aliphatic rings. The van der Waals surface area contributed by atoms with E-state index >= 15 is 0 Å². The molecule has 1 aromatic heterocycles. The summed E-state index contributed by atoms with van der Waals surface area (Å²) in [7, 11) is 0. The normalized spacial score (nSPS) is 10.4. The van der Waals surface area contributed by atoms with Crippen LogP contribution in [0.25, 0.3) is 0 Å². The Kier molecular flexibility index (Phi) is 7.52. The zero-order valence-corrected chi connectivity index (χ0v) is 18.7. The number of carbonyl (C=O) groups excluding carboxylic acids is 3. The number of anilines is 2. The molecule has 9 nitrogen and oxygen atoms in total. The number of hydrogen-bond donors (Lipinski definition) is 2. The lowest BCUT2D eigenvalue weighted by Crippen LogP contribution is -2.16. The van der Waals surface area contributed by atoms with Gasteiger partial charge >= 0.3 is 5.97 Å². The largest absolute Gasteiger partial charge is 0.462 e. The number of thiophene rings is 1. The van der Waals surface area contributed by atoms with E-state index < -0.39 is 22.7 Å². The molecule has 2 amide bonds. The molecule has 0 atom stereocenters. The van der Waals surface area contributed by atoms with Crippen molar-refractivity contribution in [2.24, 2.45) is 0 Å². The van der Waals surface area contributed by atoms with Crippen LogP contribution in [0.1, 0.15) is 38.1 Å². The van der Waals surface area contributed by atoms with Gasteiger partial charge in [0.25, 0.3) is 11.6 Å². The number of nitro benzene ring substituents is 1. The molecule has 1 heterocycles. The molecule has 0 unspecified atom stereocenters. The van der Waals surface area contributed by atoms with Crippen molar-refractivity contribution in [3.05, 3.63) is 86.3 Å². The predicted octanol–water partition coefficient (Wildman–Crippen LogP) is 4.57. The summed E-state index contributed by atoms with van der Waals surface area (Å²) in [6, 6.07) is 14.5. The van der Waals surface area contributed by atoms with E-state index in [2.05, 4.69) is 10.6 Å². The van der Waals surface area contributed by atoms with E-state index in [1.54, 1.807) is 38.1 Å². The van der Waals surface area contributed by atoms with Gasteiger partial charge in [-0.2, -0.15) is 0 Å². The zero-order valence-electron chi connectivity index (χ0n) is 17.9. The first-order chi connectivity index (χ1) is 15.8. The molecule has 0 saturated carbocycles. The third-order valence-corrected chi connectivity index (χ3v) is 5.84. The quantitative estimate of drug-likeness (QED) is 0.284. The number of carbonyl (C=O) groups is 3. The lowest BCUT2D eigenvalue weighted by molar-refractivity contribution is -0.384. The number of esters is 1. The maximum absolute atomic E-state index is 12.8. The van der Waals surface area contributed by atoms with Crippen LogP contribution in [-0.2, 0) is 16.0 Å². The van der Waals surface area contributed by atoms with Crippen molar-refractivity contribution in [1.82, 2.24) is 0 Å². The molecule has 2 N–H and O–H groups in total. The summed E-state index contributed by atoms with van der Waals surface area (Å²) in [6.07, 6.45) is -0.0667. The van der Waals surface area contributed by atoms with Crippen molar-refractivity contribution in [2.45, 2.75) is 20.3 Å². The number of rotatable bonds is 8. The van der Waals surface area contributed by atoms with Crippen LogP contribution < -0.4 is 10.6 Å². The van der Waals surface area contributed by atoms with E-state index in [1.165, 1.54) is 24.3 Å². The van der Waals surface area contributed by atoms with Crippen LogP contribution in [0.15, 0.2) is 54.6 Å². The Morgan fingerprint density at radius 1 is 1.03 bits per heavy atom. The van der Waals surface area contributed by atoms with Gasteiger partial charge in [-0.3, -0.25) is 19.7 Å². The van der Waals surface area contributed by atoms with E-state index in [1.807, 2.05) is 6.07 Å². The topological polar surface area (TPSA) is 128 Å². The van der Waals surface area contributed by atoms with Crippen LogP contribution >= 0.6 is 11.3 Å². The summed E-state index contributed by atoms with van der Waals surface area (Å²) in [5, 5.41) is 16.4. The molecule has 0 saturated heterocycles. The van der Waals surface area contributed by atoms with E-state index in [-0.39, 0.29) is 34.2 Å². The molecule has 3 aromatic rings. The highest BCUT2D eigenvalue weighted by Gasteiger charge is 2.26. The average molecular weight is 468 g/mol. The third kappa shape index (κ3) is 5.80. The lowest BCUT2D eigenvalue weighted by atomic mass is 10.1. The summed E-state index contributed by atoms with van der Waals surface area (Å²) in [4.78, 5) is 48.5. The highest BCUT2D eigenvalue weighted by atomic mass is 32.1. The third-order valence-electron chi connectivity index (χ3n) is 4.63. The fraction of sp³-hybridized carbons (Fsp3) is 0.174. The molecule has 0 spiro atoms. The highest BCUT2D eigenvalue weighted by molar-refractivity contribution is 7.18. The van der Waals surface area contributed by atoms with E-state index in [0.717, 1.165) is 11.3 Å². The second kappa shape index (κ2) is 10.5. The Balaban J connectivity index is 1.83. The zero-order chi connectivity index (χ0) is 24.0. The Labute approximate surface area is 193 Å². The van der Waals surface area contributed by atoms with E-state index in [9.17, 15) is 24.5 Å². The molecule has 3 rings (SSSR count). The van der Waals surface area contributed by atoms with Gasteiger partial charge in [0.05, 0.1) is 28.4 Å². The molecule has 0 aliphatic carbocycles. The molecule has 0 fully saturated rings. The first-order valence-corrected chi connectivity index (χ1v) is 10.8. The van der Waals surface area contributed by atoms with Crippen molar-refractivity contribution in [3.8, 4) is 0 Å². The SMILES string of the molecule is CCOC(=O)c1c(NC(=O)Cc2ccc([N+](=O)[O-])cc2)sc(C(=O)Nc2ccccc2)c1C. The van der Waals surface area contributed by atoms with Crippen molar-refractivity contribution < 1.29 is 24.0 Å². The molecule has 0 bridgehead atoms. The molecule has 10 heteroatoms. The second-order valence-corrected chi connectivity index (χ2v) is 7.97. The first kappa shape index (κ1) is 23.6. The maximum Gasteiger partial charge on any atom is 0.341 e. The van der Waals surface area contributed by atoms with E-state index in [4.69, 9.17) is 4.74 Å². The maximum atomic E-state index is 12.8. The average Bonchev–Trinajstić information content (AvgIpc) is 3.10. The van der Waals surface area contributed by atoms with E-state index in [0.29, 0.717) is 16.8 Å². The predicted molar refractivity (Wildman–Crippen MR) is 125 cm³/mol. The molecule has 0 radical (unpaired) electrons. The van der Waals surface area contributed by atoms with Gasteiger partial charge < -0.3 is 15.4 Å². The van der Waals surface area contributed by atoms with Gasteiger partial charge in [0.2, 0.25) is 5.91 Å². The van der Waals surface area contributed by atoms with Crippen molar-refractivity contribution >= 4 is 45.5 Å². The number of para-hydroxylation sites is 1. The molecule has 2 aromatic carbocycles. The van der Waals surface area contributed by atoms with Crippen LogP contribution in [-0.4, -0.2) is 29.3 Å². The Morgan fingerprint density at radius 2 is 1.70 bits per heavy atom. The van der Waals surface area contributed by atoms with Gasteiger partial charge in [-0.05, 0) is 37.1 Å². The standard InChI is InChI=1S/C23H21N3O6S/c1-3-32-23(29)19-14(2)20(21(28)24-16-7-5-4-6-8-16)33-22(19)25-18(27)13-15-9-11-17(12-10-15)26(30)31/h4-12H,3,13H2,1-2H3,(H,24,28)(H,25,27). The molecule has 0 aliphatic heterocycles. The fourth-order valence-electron chi connectivity index (χ4n) is 3.07. The van der Waals surface area contributed by atoms with Crippen molar-refractivity contribution in [1.29, 1.82) is 0 Å². The van der Waals surface area contributed by atoms with Gasteiger partial charge in [0.1, 0.15) is 5.00 Å². The van der Waals surface area contributed by atoms with Gasteiger partial charge in [0.15, 0.2) is 0 Å². The lowest BCUT2D eigenvalue weighted by Gasteiger charge is -2.07. The summed E-state index contributed by atoms with van der Waals surface area (Å²) in [5.74, 6) is -1.49. The van der Waals surface area contributed by atoms with Crippen LogP contribution in [0.3, 0.4) is 0 Å². The molecule has 170 valence electrons. The number of ether oxygens (including phenoxy) is 1. The number of hydrogen-bond acceptors (Lipinski definition) is 7. The monoisotopic (exact) mass is 467 g/mol. The number of amides is 2.